The van der Waals surface area contributed by atoms with Gasteiger partial charge in [0.15, 0.2) is 17.3 Å². The zero-order valence-corrected chi connectivity index (χ0v) is 18.6. The van der Waals surface area contributed by atoms with E-state index >= 15 is 0 Å². The van der Waals surface area contributed by atoms with Gasteiger partial charge in [-0.05, 0) is 48.4 Å². The smallest absolute Gasteiger partial charge is 0.162 e. The van der Waals surface area contributed by atoms with Gasteiger partial charge >= 0.3 is 0 Å². The molecule has 5 heterocycles. The van der Waals surface area contributed by atoms with Crippen LogP contribution in [0, 0.1) is 0 Å². The SMILES string of the molecule is C(=N\Nc1cc(N2CCOCC2)n2nc(N3CCCCC3)cc2n1)/c1ccc2[nH]ccc2c1. The summed E-state index contributed by atoms with van der Waals surface area (Å²) in [6.07, 6.45) is 7.49. The maximum atomic E-state index is 5.57. The van der Waals surface area contributed by atoms with Gasteiger partial charge in [-0.1, -0.05) is 6.07 Å². The predicted octanol–water partition coefficient (Wildman–Crippen LogP) is 3.48. The van der Waals surface area contributed by atoms with Crippen LogP contribution in [-0.4, -0.2) is 65.2 Å². The van der Waals surface area contributed by atoms with Crippen molar-refractivity contribution >= 4 is 40.2 Å². The lowest BCUT2D eigenvalue weighted by Crippen LogP contribution is -2.37. The number of hydrogen-bond donors (Lipinski definition) is 2. The fourth-order valence-corrected chi connectivity index (χ4v) is 4.62. The van der Waals surface area contributed by atoms with Crippen LogP contribution < -0.4 is 15.2 Å². The van der Waals surface area contributed by atoms with Gasteiger partial charge in [0.05, 0.1) is 19.4 Å². The van der Waals surface area contributed by atoms with Gasteiger partial charge in [0.1, 0.15) is 5.82 Å². The summed E-state index contributed by atoms with van der Waals surface area (Å²) in [6.45, 7) is 5.20. The number of anilines is 3. The average Bonchev–Trinajstić information content (AvgIpc) is 3.51. The van der Waals surface area contributed by atoms with Crippen molar-refractivity contribution in [3.8, 4) is 0 Å². The molecule has 0 amide bonds. The molecule has 0 radical (unpaired) electrons. The van der Waals surface area contributed by atoms with Crippen molar-refractivity contribution in [3.63, 3.8) is 0 Å². The number of hydrogen-bond acceptors (Lipinski definition) is 7. The number of ether oxygens (including phenoxy) is 1. The fourth-order valence-electron chi connectivity index (χ4n) is 4.62. The molecule has 1 aromatic carbocycles. The molecule has 2 aliphatic rings. The number of morpholine rings is 1. The minimum Gasteiger partial charge on any atom is -0.378 e. The molecule has 2 N–H and O–H groups in total. The highest BCUT2D eigenvalue weighted by Gasteiger charge is 2.20. The molecule has 0 spiro atoms. The summed E-state index contributed by atoms with van der Waals surface area (Å²) in [7, 11) is 0. The molecule has 0 unspecified atom stereocenters. The van der Waals surface area contributed by atoms with Gasteiger partial charge in [-0.3, -0.25) is 5.43 Å². The van der Waals surface area contributed by atoms with Crippen LogP contribution in [0.2, 0.25) is 0 Å². The third kappa shape index (κ3) is 4.11. The van der Waals surface area contributed by atoms with E-state index in [2.05, 4.69) is 49.6 Å². The summed E-state index contributed by atoms with van der Waals surface area (Å²) in [6, 6.07) is 12.4. The van der Waals surface area contributed by atoms with E-state index in [1.165, 1.54) is 19.3 Å². The highest BCUT2D eigenvalue weighted by atomic mass is 16.5. The Morgan fingerprint density at radius 1 is 0.970 bits per heavy atom. The van der Waals surface area contributed by atoms with Crippen molar-refractivity contribution in [1.82, 2.24) is 19.6 Å². The summed E-state index contributed by atoms with van der Waals surface area (Å²) >= 11 is 0. The Morgan fingerprint density at radius 2 is 1.85 bits per heavy atom. The molecule has 0 bridgehead atoms. The summed E-state index contributed by atoms with van der Waals surface area (Å²) in [5.74, 6) is 2.71. The van der Waals surface area contributed by atoms with Crippen molar-refractivity contribution in [2.45, 2.75) is 19.3 Å². The molecule has 0 aliphatic carbocycles. The number of H-pyrrole nitrogens is 1. The summed E-state index contributed by atoms with van der Waals surface area (Å²) in [5.41, 5.74) is 6.11. The summed E-state index contributed by atoms with van der Waals surface area (Å²) < 4.78 is 7.53. The van der Waals surface area contributed by atoms with E-state index < -0.39 is 0 Å². The molecular weight excluding hydrogens is 416 g/mol. The fraction of sp³-hybridized carbons (Fsp3) is 0.375. The molecule has 2 fully saturated rings. The molecular formula is C24H28N8O. The molecule has 9 nitrogen and oxygen atoms in total. The van der Waals surface area contributed by atoms with Crippen LogP contribution in [0.25, 0.3) is 16.6 Å². The lowest BCUT2D eigenvalue weighted by atomic mass is 10.1. The standard InChI is InChI=1S/C24H28N8O/c1-2-8-30(9-3-1)23-16-22-27-21(15-24(32(22)29-23)31-10-12-33-13-11-31)28-26-17-18-4-5-20-19(14-18)6-7-25-20/h4-7,14-17,25H,1-3,8-13H2,(H,27,28)/b26-17+. The van der Waals surface area contributed by atoms with Crippen LogP contribution in [0.1, 0.15) is 24.8 Å². The van der Waals surface area contributed by atoms with E-state index in [1.807, 2.05) is 29.1 Å². The van der Waals surface area contributed by atoms with Crippen molar-refractivity contribution in [3.05, 3.63) is 48.2 Å². The maximum absolute atomic E-state index is 5.57. The van der Waals surface area contributed by atoms with Gasteiger partial charge in [-0.15, -0.1) is 5.10 Å². The monoisotopic (exact) mass is 444 g/mol. The Labute approximate surface area is 192 Å². The van der Waals surface area contributed by atoms with Crippen molar-refractivity contribution in [2.75, 3.05) is 54.6 Å². The van der Waals surface area contributed by atoms with E-state index in [-0.39, 0.29) is 0 Å². The van der Waals surface area contributed by atoms with E-state index in [4.69, 9.17) is 14.8 Å². The zero-order valence-electron chi connectivity index (χ0n) is 18.6. The second-order valence-corrected chi connectivity index (χ2v) is 8.61. The second-order valence-electron chi connectivity index (χ2n) is 8.61. The van der Waals surface area contributed by atoms with Crippen LogP contribution in [-0.2, 0) is 4.74 Å². The number of aromatic amines is 1. The highest BCUT2D eigenvalue weighted by Crippen LogP contribution is 2.26. The summed E-state index contributed by atoms with van der Waals surface area (Å²) in [5, 5.41) is 10.6. The first-order valence-corrected chi connectivity index (χ1v) is 11.7. The third-order valence-electron chi connectivity index (χ3n) is 6.38. The number of piperidine rings is 1. The lowest BCUT2D eigenvalue weighted by Gasteiger charge is -2.29. The van der Waals surface area contributed by atoms with E-state index in [0.717, 1.165) is 59.9 Å². The maximum Gasteiger partial charge on any atom is 0.162 e. The Bertz CT molecular complexity index is 1280. The molecule has 4 aromatic rings. The number of aromatic nitrogens is 4. The van der Waals surface area contributed by atoms with Gasteiger partial charge in [0, 0.05) is 50.0 Å². The van der Waals surface area contributed by atoms with E-state index in [1.54, 1.807) is 0 Å². The van der Waals surface area contributed by atoms with Crippen LogP contribution in [0.4, 0.5) is 17.5 Å². The molecule has 2 aliphatic heterocycles. The minimum absolute atomic E-state index is 0.702. The quantitative estimate of drug-likeness (QED) is 0.362. The number of fused-ring (bicyclic) bond motifs is 2. The number of nitrogens with zero attached hydrogens (tertiary/aromatic N) is 6. The first-order chi connectivity index (χ1) is 16.3. The number of hydrazone groups is 1. The van der Waals surface area contributed by atoms with Crippen LogP contribution >= 0.6 is 0 Å². The van der Waals surface area contributed by atoms with Gasteiger partial charge in [0.25, 0.3) is 0 Å². The van der Waals surface area contributed by atoms with Crippen molar-refractivity contribution < 1.29 is 4.74 Å². The Hall–Kier alpha value is -3.59. The Kier molecular flexibility index (Phi) is 5.31. The molecule has 0 atom stereocenters. The second kappa shape index (κ2) is 8.74. The predicted molar refractivity (Wildman–Crippen MR) is 132 cm³/mol. The molecule has 0 saturated carbocycles. The third-order valence-corrected chi connectivity index (χ3v) is 6.38. The van der Waals surface area contributed by atoms with Gasteiger partial charge in [0.2, 0.25) is 0 Å². The van der Waals surface area contributed by atoms with Crippen LogP contribution in [0.15, 0.2) is 47.7 Å². The number of rotatable bonds is 5. The van der Waals surface area contributed by atoms with Crippen LogP contribution in [0.3, 0.4) is 0 Å². The van der Waals surface area contributed by atoms with Gasteiger partial charge in [-0.25, -0.2) is 4.98 Å². The number of nitrogens with one attached hydrogen (secondary N) is 2. The van der Waals surface area contributed by atoms with Crippen molar-refractivity contribution in [2.24, 2.45) is 5.10 Å². The molecule has 33 heavy (non-hydrogen) atoms. The normalized spacial score (nSPS) is 17.5. The first-order valence-electron chi connectivity index (χ1n) is 11.7. The lowest BCUT2D eigenvalue weighted by molar-refractivity contribution is 0.122. The molecule has 6 rings (SSSR count). The van der Waals surface area contributed by atoms with Gasteiger partial charge in [-0.2, -0.15) is 9.62 Å². The molecule has 3 aromatic heterocycles. The van der Waals surface area contributed by atoms with E-state index in [9.17, 15) is 0 Å². The largest absolute Gasteiger partial charge is 0.378 e. The average molecular weight is 445 g/mol. The Morgan fingerprint density at radius 3 is 2.73 bits per heavy atom. The van der Waals surface area contributed by atoms with E-state index in [0.29, 0.717) is 19.0 Å². The van der Waals surface area contributed by atoms with Crippen LogP contribution in [0.5, 0.6) is 0 Å². The molecule has 170 valence electrons. The first kappa shape index (κ1) is 20.0. The van der Waals surface area contributed by atoms with Crippen molar-refractivity contribution in [1.29, 1.82) is 0 Å². The summed E-state index contributed by atoms with van der Waals surface area (Å²) in [4.78, 5) is 12.7. The molecule has 9 heteroatoms. The van der Waals surface area contributed by atoms with Gasteiger partial charge < -0.3 is 19.5 Å². The zero-order chi connectivity index (χ0) is 22.0. The topological polar surface area (TPSA) is 86.1 Å². The Balaban J connectivity index is 1.30. The highest BCUT2D eigenvalue weighted by molar-refractivity contribution is 5.89. The molecule has 2 saturated heterocycles. The minimum atomic E-state index is 0.702. The number of benzene rings is 1.